The molecule has 0 saturated heterocycles. The second-order valence-corrected chi connectivity index (χ2v) is 6.26. The molecule has 8 heteroatoms. The van der Waals surface area contributed by atoms with Crippen molar-refractivity contribution in [2.24, 2.45) is 0 Å². The van der Waals surface area contributed by atoms with Crippen molar-refractivity contribution in [3.63, 3.8) is 0 Å². The Morgan fingerprint density at radius 1 is 1.12 bits per heavy atom. The highest BCUT2D eigenvalue weighted by Crippen LogP contribution is 2.34. The van der Waals surface area contributed by atoms with E-state index in [9.17, 15) is 10.1 Å². The van der Waals surface area contributed by atoms with Gasteiger partial charge in [0.2, 0.25) is 0 Å². The molecular weight excluding hydrogens is 363 g/mol. The molecule has 0 bridgehead atoms. The average molecular weight is 377 g/mol. The quantitative estimate of drug-likeness (QED) is 0.497. The van der Waals surface area contributed by atoms with Crippen LogP contribution in [0, 0.1) is 10.1 Å². The largest absolute Gasteiger partial charge is 0.379 e. The molecule has 1 heterocycles. The molecule has 0 saturated carbocycles. The molecule has 0 radical (unpaired) electrons. The SMILES string of the molecule is O=[N+]([O-])c1cc(Cl)c(NCc2ccc(Cn3ccnc3)cc2)c(Cl)c1. The molecule has 0 unspecified atom stereocenters. The third-order valence-corrected chi connectivity index (χ3v) is 4.25. The minimum atomic E-state index is -0.527. The van der Waals surface area contributed by atoms with E-state index in [0.29, 0.717) is 12.2 Å². The van der Waals surface area contributed by atoms with E-state index in [-0.39, 0.29) is 15.7 Å². The maximum atomic E-state index is 10.8. The molecule has 6 nitrogen and oxygen atoms in total. The Labute approximate surface area is 154 Å². The van der Waals surface area contributed by atoms with Gasteiger partial charge in [-0.05, 0) is 11.1 Å². The lowest BCUT2D eigenvalue weighted by atomic mass is 10.1. The average Bonchev–Trinajstić information content (AvgIpc) is 3.08. The molecule has 0 spiro atoms. The number of benzene rings is 2. The lowest BCUT2D eigenvalue weighted by molar-refractivity contribution is -0.384. The van der Waals surface area contributed by atoms with Crippen LogP contribution in [-0.4, -0.2) is 14.5 Å². The predicted octanol–water partition coefficient (Wildman–Crippen LogP) is 4.76. The predicted molar refractivity (Wildman–Crippen MR) is 98.2 cm³/mol. The van der Waals surface area contributed by atoms with E-state index in [4.69, 9.17) is 23.2 Å². The first kappa shape index (κ1) is 17.3. The molecule has 1 N–H and O–H groups in total. The third-order valence-electron chi connectivity index (χ3n) is 3.65. The maximum Gasteiger partial charge on any atom is 0.272 e. The van der Waals surface area contributed by atoms with Gasteiger partial charge in [0.1, 0.15) is 0 Å². The van der Waals surface area contributed by atoms with Crippen molar-refractivity contribution < 1.29 is 4.92 Å². The second-order valence-electron chi connectivity index (χ2n) is 5.45. The Bertz CT molecular complexity index is 857. The Morgan fingerprint density at radius 3 is 2.32 bits per heavy atom. The monoisotopic (exact) mass is 376 g/mol. The molecule has 0 fully saturated rings. The van der Waals surface area contributed by atoms with Crippen molar-refractivity contribution in [2.75, 3.05) is 5.32 Å². The molecule has 25 heavy (non-hydrogen) atoms. The summed E-state index contributed by atoms with van der Waals surface area (Å²) in [5, 5.41) is 14.4. The normalized spacial score (nSPS) is 10.6. The highest BCUT2D eigenvalue weighted by Gasteiger charge is 2.14. The first-order chi connectivity index (χ1) is 12.0. The van der Waals surface area contributed by atoms with Gasteiger partial charge in [-0.15, -0.1) is 0 Å². The molecule has 0 atom stereocenters. The van der Waals surface area contributed by atoms with Crippen LogP contribution in [-0.2, 0) is 13.1 Å². The third kappa shape index (κ3) is 4.29. The van der Waals surface area contributed by atoms with Gasteiger partial charge in [0.25, 0.3) is 5.69 Å². The van der Waals surface area contributed by atoms with Crippen molar-refractivity contribution in [1.82, 2.24) is 9.55 Å². The number of rotatable bonds is 6. The molecule has 3 rings (SSSR count). The van der Waals surface area contributed by atoms with Crippen LogP contribution in [0.2, 0.25) is 10.0 Å². The number of imidazole rings is 1. The minimum Gasteiger partial charge on any atom is -0.379 e. The first-order valence-electron chi connectivity index (χ1n) is 7.44. The van der Waals surface area contributed by atoms with E-state index in [1.54, 1.807) is 12.5 Å². The fourth-order valence-electron chi connectivity index (χ4n) is 2.38. The van der Waals surface area contributed by atoms with Crippen molar-refractivity contribution in [1.29, 1.82) is 0 Å². The van der Waals surface area contributed by atoms with Crippen LogP contribution in [0.5, 0.6) is 0 Å². The number of nitro groups is 1. The Kier molecular flexibility index (Phi) is 5.21. The highest BCUT2D eigenvalue weighted by atomic mass is 35.5. The van der Waals surface area contributed by atoms with Crippen LogP contribution in [0.4, 0.5) is 11.4 Å². The summed E-state index contributed by atoms with van der Waals surface area (Å²) in [5.41, 5.74) is 2.55. The molecular formula is C17H14Cl2N4O2. The summed E-state index contributed by atoms with van der Waals surface area (Å²) in [6.45, 7) is 1.26. The summed E-state index contributed by atoms with van der Waals surface area (Å²) >= 11 is 12.2. The van der Waals surface area contributed by atoms with Gasteiger partial charge in [0.15, 0.2) is 0 Å². The number of aromatic nitrogens is 2. The number of nitro benzene ring substituents is 1. The molecule has 0 aliphatic rings. The van der Waals surface area contributed by atoms with Crippen LogP contribution in [0.15, 0.2) is 55.1 Å². The Balaban J connectivity index is 1.66. The van der Waals surface area contributed by atoms with Crippen LogP contribution in [0.1, 0.15) is 11.1 Å². The van der Waals surface area contributed by atoms with Gasteiger partial charge in [0, 0.05) is 37.6 Å². The van der Waals surface area contributed by atoms with Crippen LogP contribution in [0.25, 0.3) is 0 Å². The zero-order valence-electron chi connectivity index (χ0n) is 13.0. The Hall–Kier alpha value is -2.57. The van der Waals surface area contributed by atoms with Gasteiger partial charge in [-0.1, -0.05) is 47.5 Å². The van der Waals surface area contributed by atoms with Gasteiger partial charge in [0.05, 0.1) is 27.0 Å². The first-order valence-corrected chi connectivity index (χ1v) is 8.19. The summed E-state index contributed by atoms with van der Waals surface area (Å²) < 4.78 is 1.99. The van der Waals surface area contributed by atoms with Crippen molar-refractivity contribution in [3.05, 3.63) is 86.4 Å². The summed E-state index contributed by atoms with van der Waals surface area (Å²) in [6.07, 6.45) is 5.43. The zero-order valence-corrected chi connectivity index (χ0v) is 14.5. The summed E-state index contributed by atoms with van der Waals surface area (Å²) in [6, 6.07) is 10.7. The maximum absolute atomic E-state index is 10.8. The number of nitrogens with one attached hydrogen (secondary N) is 1. The van der Waals surface area contributed by atoms with Gasteiger partial charge < -0.3 is 9.88 Å². The molecule has 2 aromatic carbocycles. The van der Waals surface area contributed by atoms with Crippen LogP contribution < -0.4 is 5.32 Å². The molecule has 0 aliphatic heterocycles. The fourth-order valence-corrected chi connectivity index (χ4v) is 2.99. The van der Waals surface area contributed by atoms with Gasteiger partial charge in [-0.3, -0.25) is 10.1 Å². The summed E-state index contributed by atoms with van der Waals surface area (Å²) in [5.74, 6) is 0. The second kappa shape index (κ2) is 7.55. The number of anilines is 1. The summed E-state index contributed by atoms with van der Waals surface area (Å²) in [7, 11) is 0. The Morgan fingerprint density at radius 2 is 1.76 bits per heavy atom. The molecule has 0 aliphatic carbocycles. The van der Waals surface area contributed by atoms with E-state index >= 15 is 0 Å². The fraction of sp³-hybridized carbons (Fsp3) is 0.118. The lowest BCUT2D eigenvalue weighted by Crippen LogP contribution is -2.02. The molecule has 3 aromatic rings. The van der Waals surface area contributed by atoms with Crippen LogP contribution >= 0.6 is 23.2 Å². The van der Waals surface area contributed by atoms with Gasteiger partial charge in [-0.25, -0.2) is 4.98 Å². The van der Waals surface area contributed by atoms with Crippen LogP contribution in [0.3, 0.4) is 0 Å². The number of halogens is 2. The van der Waals surface area contributed by atoms with E-state index in [0.717, 1.165) is 17.7 Å². The van der Waals surface area contributed by atoms with Crippen molar-refractivity contribution >= 4 is 34.6 Å². The van der Waals surface area contributed by atoms with Gasteiger partial charge in [-0.2, -0.15) is 0 Å². The van der Waals surface area contributed by atoms with Crippen molar-refractivity contribution in [3.8, 4) is 0 Å². The number of non-ortho nitro benzene ring substituents is 1. The number of hydrogen-bond donors (Lipinski definition) is 1. The van der Waals surface area contributed by atoms with E-state index in [2.05, 4.69) is 10.3 Å². The molecule has 1 aromatic heterocycles. The minimum absolute atomic E-state index is 0.135. The number of nitrogens with zero attached hydrogens (tertiary/aromatic N) is 3. The molecule has 128 valence electrons. The highest BCUT2D eigenvalue weighted by molar-refractivity contribution is 6.39. The standard InChI is InChI=1S/C17H14Cl2N4O2/c18-15-7-14(23(24)25)8-16(19)17(15)21-9-12-1-3-13(4-2-12)10-22-6-5-20-11-22/h1-8,11,21H,9-10H2. The van der Waals surface area contributed by atoms with Crippen molar-refractivity contribution in [2.45, 2.75) is 13.1 Å². The van der Waals surface area contributed by atoms with Gasteiger partial charge >= 0.3 is 0 Å². The van der Waals surface area contributed by atoms with E-state index in [1.165, 1.54) is 12.1 Å². The smallest absolute Gasteiger partial charge is 0.272 e. The topological polar surface area (TPSA) is 73.0 Å². The molecule has 0 amide bonds. The lowest BCUT2D eigenvalue weighted by Gasteiger charge is -2.11. The zero-order chi connectivity index (χ0) is 17.8. The van der Waals surface area contributed by atoms with E-state index < -0.39 is 4.92 Å². The van der Waals surface area contributed by atoms with E-state index in [1.807, 2.05) is 35.0 Å². The number of hydrogen-bond acceptors (Lipinski definition) is 4. The summed E-state index contributed by atoms with van der Waals surface area (Å²) in [4.78, 5) is 14.3.